The molecule has 2 aliphatic heterocycles. The molecule has 9 heteroatoms. The van der Waals surface area contributed by atoms with E-state index in [1.165, 1.54) is 6.07 Å². The molecule has 0 aromatic heterocycles. The van der Waals surface area contributed by atoms with Crippen LogP contribution >= 0.6 is 0 Å². The van der Waals surface area contributed by atoms with Gasteiger partial charge in [0.05, 0.1) is 5.56 Å². The van der Waals surface area contributed by atoms with Gasteiger partial charge in [-0.05, 0) is 52.4 Å². The topological polar surface area (TPSA) is 48.0 Å². The van der Waals surface area contributed by atoms with E-state index in [9.17, 15) is 18.0 Å². The van der Waals surface area contributed by atoms with E-state index in [1.807, 2.05) is 11.9 Å². The number of rotatable bonds is 3. The largest absolute Gasteiger partial charge is 0.444 e. The number of likely N-dealkylation sites (tertiary alicyclic amines) is 1. The monoisotopic (exact) mass is 428 g/mol. The first-order valence-corrected chi connectivity index (χ1v) is 10.3. The highest BCUT2D eigenvalue weighted by atomic mass is 19.4. The van der Waals surface area contributed by atoms with Crippen LogP contribution < -0.4 is 10.2 Å². The summed E-state index contributed by atoms with van der Waals surface area (Å²) in [5.74, 6) is 0. The number of amides is 1. The van der Waals surface area contributed by atoms with Gasteiger partial charge in [-0.25, -0.2) is 4.79 Å². The Morgan fingerprint density at radius 2 is 1.73 bits per heavy atom. The van der Waals surface area contributed by atoms with E-state index in [0.717, 1.165) is 19.2 Å². The van der Waals surface area contributed by atoms with Crippen molar-refractivity contribution in [1.82, 2.24) is 9.80 Å². The summed E-state index contributed by atoms with van der Waals surface area (Å²) < 4.78 is 45.9. The fraction of sp³-hybridized carbons (Fsp3) is 0.667. The van der Waals surface area contributed by atoms with Crippen LogP contribution in [-0.4, -0.2) is 73.9 Å². The molecule has 30 heavy (non-hydrogen) atoms. The minimum Gasteiger partial charge on any atom is -0.444 e. The first-order valence-electron chi connectivity index (χ1n) is 10.3. The number of halogens is 3. The molecule has 0 aliphatic carbocycles. The normalized spacial score (nSPS) is 21.1. The number of ether oxygens (including phenoxy) is 1. The second-order valence-corrected chi connectivity index (χ2v) is 9.11. The van der Waals surface area contributed by atoms with Gasteiger partial charge >= 0.3 is 12.3 Å². The van der Waals surface area contributed by atoms with Crippen LogP contribution in [0, 0.1) is 0 Å². The van der Waals surface area contributed by atoms with Gasteiger partial charge in [0.2, 0.25) is 0 Å². The predicted molar refractivity (Wildman–Crippen MR) is 111 cm³/mol. The fourth-order valence-electron chi connectivity index (χ4n) is 3.71. The van der Waals surface area contributed by atoms with E-state index in [-0.39, 0.29) is 6.04 Å². The molecule has 2 heterocycles. The molecular formula is C21H31F3N4O2. The molecule has 6 nitrogen and oxygen atoms in total. The third-order valence-corrected chi connectivity index (χ3v) is 5.32. The number of carbonyl (C=O) groups is 1. The van der Waals surface area contributed by atoms with Gasteiger partial charge in [0, 0.05) is 56.7 Å². The summed E-state index contributed by atoms with van der Waals surface area (Å²) >= 11 is 0. The maximum atomic E-state index is 13.5. The molecule has 1 N–H and O–H groups in total. The first-order chi connectivity index (χ1) is 13.9. The molecule has 1 aromatic rings. The lowest BCUT2D eigenvalue weighted by Gasteiger charge is -2.34. The molecule has 3 rings (SSSR count). The lowest BCUT2D eigenvalue weighted by atomic mass is 10.1. The molecule has 1 atom stereocenters. The van der Waals surface area contributed by atoms with Crippen molar-refractivity contribution in [1.29, 1.82) is 0 Å². The maximum Gasteiger partial charge on any atom is 0.416 e. The van der Waals surface area contributed by atoms with Gasteiger partial charge < -0.3 is 24.8 Å². The summed E-state index contributed by atoms with van der Waals surface area (Å²) in [4.78, 5) is 18.0. The van der Waals surface area contributed by atoms with Gasteiger partial charge in [0.15, 0.2) is 0 Å². The van der Waals surface area contributed by atoms with Crippen LogP contribution in [0.25, 0.3) is 0 Å². The van der Waals surface area contributed by atoms with Gasteiger partial charge in [0.1, 0.15) is 5.60 Å². The quantitative estimate of drug-likeness (QED) is 0.792. The van der Waals surface area contributed by atoms with E-state index in [0.29, 0.717) is 44.0 Å². The molecule has 1 amide bonds. The lowest BCUT2D eigenvalue weighted by Crippen LogP contribution is -2.44. The highest BCUT2D eigenvalue weighted by molar-refractivity contribution is 5.69. The minimum absolute atomic E-state index is 0.124. The second kappa shape index (κ2) is 8.53. The summed E-state index contributed by atoms with van der Waals surface area (Å²) in [5, 5.41) is 3.20. The van der Waals surface area contributed by atoms with Crippen LogP contribution in [0.15, 0.2) is 18.2 Å². The van der Waals surface area contributed by atoms with Crippen molar-refractivity contribution in [2.45, 2.75) is 45.0 Å². The van der Waals surface area contributed by atoms with Crippen LogP contribution in [0.1, 0.15) is 32.8 Å². The Bertz CT molecular complexity index is 756. The van der Waals surface area contributed by atoms with Gasteiger partial charge in [0.25, 0.3) is 0 Å². The average Bonchev–Trinajstić information content (AvgIpc) is 3.08. The SMILES string of the molecule is CN1CCN(c2cc(N[C@H]3CCN(C(=O)OC(C)(C)C)C3)cc(C(F)(F)F)c2)CC1. The number of carbonyl (C=O) groups excluding carboxylic acids is 1. The Hall–Kier alpha value is -2.16. The Balaban J connectivity index is 1.72. The number of benzene rings is 1. The molecular weight excluding hydrogens is 397 g/mol. The molecule has 0 bridgehead atoms. The summed E-state index contributed by atoms with van der Waals surface area (Å²) in [7, 11) is 2.01. The van der Waals surface area contributed by atoms with Crippen LogP contribution in [0.5, 0.6) is 0 Å². The third kappa shape index (κ3) is 5.93. The van der Waals surface area contributed by atoms with E-state index in [2.05, 4.69) is 10.2 Å². The number of likely N-dealkylation sites (N-methyl/N-ethyl adjacent to an activating group) is 1. The Kier molecular flexibility index (Phi) is 6.40. The number of alkyl halides is 3. The van der Waals surface area contributed by atoms with Crippen LogP contribution in [0.4, 0.5) is 29.3 Å². The molecule has 0 unspecified atom stereocenters. The number of anilines is 2. The maximum absolute atomic E-state index is 13.5. The fourth-order valence-corrected chi connectivity index (χ4v) is 3.71. The van der Waals surface area contributed by atoms with E-state index in [4.69, 9.17) is 4.74 Å². The standard InChI is InChI=1S/C21H31F3N4O2/c1-20(2,3)30-19(29)28-6-5-16(14-28)25-17-11-15(21(22,23)24)12-18(13-17)27-9-7-26(4)8-10-27/h11-13,16,25H,5-10,14H2,1-4H3/t16-/m0/s1. The number of piperazine rings is 1. The van der Waals surface area contributed by atoms with Crippen LogP contribution in [0.3, 0.4) is 0 Å². The molecule has 1 aromatic carbocycles. The molecule has 2 saturated heterocycles. The molecule has 2 aliphatic rings. The van der Waals surface area contributed by atoms with Gasteiger partial charge in [-0.3, -0.25) is 0 Å². The first kappa shape index (κ1) is 22.5. The summed E-state index contributed by atoms with van der Waals surface area (Å²) in [6.07, 6.45) is -4.16. The van der Waals surface area contributed by atoms with Gasteiger partial charge in [-0.1, -0.05) is 0 Å². The van der Waals surface area contributed by atoms with Crippen molar-refractivity contribution >= 4 is 17.5 Å². The zero-order valence-corrected chi connectivity index (χ0v) is 18.1. The average molecular weight is 428 g/mol. The van der Waals surface area contributed by atoms with Crippen molar-refractivity contribution in [3.63, 3.8) is 0 Å². The van der Waals surface area contributed by atoms with E-state index < -0.39 is 23.4 Å². The van der Waals surface area contributed by atoms with Gasteiger partial charge in [-0.15, -0.1) is 0 Å². The molecule has 2 fully saturated rings. The number of hydrogen-bond donors (Lipinski definition) is 1. The molecule has 168 valence electrons. The zero-order chi connectivity index (χ0) is 22.1. The van der Waals surface area contributed by atoms with E-state index >= 15 is 0 Å². The number of nitrogens with one attached hydrogen (secondary N) is 1. The second-order valence-electron chi connectivity index (χ2n) is 9.11. The highest BCUT2D eigenvalue weighted by Crippen LogP contribution is 2.35. The van der Waals surface area contributed by atoms with Crippen molar-refractivity contribution in [3.8, 4) is 0 Å². The molecule has 0 spiro atoms. The van der Waals surface area contributed by atoms with Gasteiger partial charge in [-0.2, -0.15) is 13.2 Å². The van der Waals surface area contributed by atoms with Crippen molar-refractivity contribution in [2.24, 2.45) is 0 Å². The number of hydrogen-bond acceptors (Lipinski definition) is 5. The Morgan fingerprint density at radius 1 is 1.07 bits per heavy atom. The highest BCUT2D eigenvalue weighted by Gasteiger charge is 2.33. The van der Waals surface area contributed by atoms with Crippen LogP contribution in [0.2, 0.25) is 0 Å². The van der Waals surface area contributed by atoms with Crippen molar-refractivity contribution < 1.29 is 22.7 Å². The zero-order valence-electron chi connectivity index (χ0n) is 18.1. The van der Waals surface area contributed by atoms with Crippen molar-refractivity contribution in [2.75, 3.05) is 56.5 Å². The summed E-state index contributed by atoms with van der Waals surface area (Å²) in [6, 6.07) is 4.02. The molecule has 0 saturated carbocycles. The van der Waals surface area contributed by atoms with Crippen LogP contribution in [-0.2, 0) is 10.9 Å². The Labute approximate surface area is 175 Å². The van der Waals surface area contributed by atoms with Crippen molar-refractivity contribution in [3.05, 3.63) is 23.8 Å². The smallest absolute Gasteiger partial charge is 0.416 e. The third-order valence-electron chi connectivity index (χ3n) is 5.32. The van der Waals surface area contributed by atoms with E-state index in [1.54, 1.807) is 31.7 Å². The lowest BCUT2D eigenvalue weighted by molar-refractivity contribution is -0.137. The minimum atomic E-state index is -4.42. The summed E-state index contributed by atoms with van der Waals surface area (Å²) in [6.45, 7) is 9.32. The molecule has 0 radical (unpaired) electrons. The Morgan fingerprint density at radius 3 is 2.33 bits per heavy atom. The number of nitrogens with zero attached hydrogens (tertiary/aromatic N) is 3. The predicted octanol–water partition coefficient (Wildman–Crippen LogP) is 3.88. The summed E-state index contributed by atoms with van der Waals surface area (Å²) in [5.41, 5.74) is -0.248.